The summed E-state index contributed by atoms with van der Waals surface area (Å²) in [5.74, 6) is 0. The lowest BCUT2D eigenvalue weighted by Crippen LogP contribution is -2.09. The van der Waals surface area contributed by atoms with Gasteiger partial charge in [0.25, 0.3) is 0 Å². The van der Waals surface area contributed by atoms with Crippen molar-refractivity contribution < 1.29 is 4.79 Å². The van der Waals surface area contributed by atoms with Crippen molar-refractivity contribution in [1.29, 1.82) is 0 Å². The molecule has 0 amide bonds. The van der Waals surface area contributed by atoms with Crippen LogP contribution in [0.3, 0.4) is 0 Å². The topological polar surface area (TPSA) is 29.1 Å². The number of hydrogen-bond acceptors (Lipinski definition) is 2. The van der Waals surface area contributed by atoms with Crippen molar-refractivity contribution in [2.24, 2.45) is 0 Å². The van der Waals surface area contributed by atoms with Gasteiger partial charge in [-0.2, -0.15) is 0 Å². The maximum atomic E-state index is 10.4. The van der Waals surface area contributed by atoms with Crippen LogP contribution in [-0.2, 0) is 17.6 Å². The lowest BCUT2D eigenvalue weighted by molar-refractivity contribution is -0.107. The van der Waals surface area contributed by atoms with Crippen LogP contribution in [0, 0.1) is 0 Å². The SMILES string of the molecule is CC1Cc2cccc(CC=O)c2N1. The Kier molecular flexibility index (Phi) is 2.05. The number of aldehydes is 1. The van der Waals surface area contributed by atoms with Crippen LogP contribution >= 0.6 is 0 Å². The molecule has 1 aliphatic heterocycles. The van der Waals surface area contributed by atoms with Gasteiger partial charge in [0.2, 0.25) is 0 Å². The first-order valence-electron chi connectivity index (χ1n) is 4.62. The van der Waals surface area contributed by atoms with Gasteiger partial charge in [-0.15, -0.1) is 0 Å². The van der Waals surface area contributed by atoms with E-state index in [0.717, 1.165) is 18.3 Å². The lowest BCUT2D eigenvalue weighted by atomic mass is 10.1. The van der Waals surface area contributed by atoms with Gasteiger partial charge >= 0.3 is 0 Å². The summed E-state index contributed by atoms with van der Waals surface area (Å²) in [5, 5.41) is 3.39. The average Bonchev–Trinajstić information content (AvgIpc) is 2.47. The summed E-state index contributed by atoms with van der Waals surface area (Å²) in [6, 6.07) is 6.67. The second-order valence-corrected chi connectivity index (χ2v) is 3.57. The fourth-order valence-corrected chi connectivity index (χ4v) is 1.90. The number of hydrogen-bond donors (Lipinski definition) is 1. The van der Waals surface area contributed by atoms with Crippen LogP contribution in [0.4, 0.5) is 5.69 Å². The fraction of sp³-hybridized carbons (Fsp3) is 0.364. The Morgan fingerprint density at radius 3 is 3.23 bits per heavy atom. The maximum Gasteiger partial charge on any atom is 0.124 e. The molecule has 1 heterocycles. The molecule has 1 aromatic carbocycles. The summed E-state index contributed by atoms with van der Waals surface area (Å²) in [4.78, 5) is 10.4. The molecular formula is C11H13NO. The molecule has 0 aromatic heterocycles. The van der Waals surface area contributed by atoms with Crippen LogP contribution < -0.4 is 5.32 Å². The quantitative estimate of drug-likeness (QED) is 0.694. The molecule has 0 aliphatic carbocycles. The Morgan fingerprint density at radius 1 is 1.62 bits per heavy atom. The predicted molar refractivity (Wildman–Crippen MR) is 53.0 cm³/mol. The molecule has 0 fully saturated rings. The van der Waals surface area contributed by atoms with Gasteiger partial charge in [-0.25, -0.2) is 0 Å². The highest BCUT2D eigenvalue weighted by Gasteiger charge is 2.18. The normalized spacial score (nSPS) is 19.3. The van der Waals surface area contributed by atoms with E-state index in [0.29, 0.717) is 12.5 Å². The molecule has 0 saturated carbocycles. The van der Waals surface area contributed by atoms with Gasteiger partial charge in [0.1, 0.15) is 6.29 Å². The Labute approximate surface area is 78.0 Å². The number of fused-ring (bicyclic) bond motifs is 1. The molecule has 0 spiro atoms. The van der Waals surface area contributed by atoms with Crippen LogP contribution in [0.5, 0.6) is 0 Å². The third kappa shape index (κ3) is 1.44. The molecule has 2 heteroatoms. The lowest BCUT2D eigenvalue weighted by Gasteiger charge is -2.06. The molecule has 0 saturated heterocycles. The number of carbonyl (C=O) groups is 1. The summed E-state index contributed by atoms with van der Waals surface area (Å²) in [6.45, 7) is 2.16. The number of nitrogens with one attached hydrogen (secondary N) is 1. The molecule has 1 aliphatic rings. The summed E-state index contributed by atoms with van der Waals surface area (Å²) in [5.41, 5.74) is 3.64. The van der Waals surface area contributed by atoms with Crippen molar-refractivity contribution in [3.8, 4) is 0 Å². The molecule has 0 radical (unpaired) electrons. The Morgan fingerprint density at radius 2 is 2.46 bits per heavy atom. The Balaban J connectivity index is 2.39. The van der Waals surface area contributed by atoms with Crippen LogP contribution in [0.25, 0.3) is 0 Å². The Bertz CT molecular complexity index is 333. The highest BCUT2D eigenvalue weighted by molar-refractivity contribution is 5.68. The standard InChI is InChI=1S/C11H13NO/c1-8-7-10-4-2-3-9(5-6-13)11(10)12-8/h2-4,6,8,12H,5,7H2,1H3. The van der Waals surface area contributed by atoms with Gasteiger partial charge in [-0.1, -0.05) is 18.2 Å². The second kappa shape index (κ2) is 3.21. The fourth-order valence-electron chi connectivity index (χ4n) is 1.90. The minimum Gasteiger partial charge on any atom is -0.382 e. The number of benzene rings is 1. The van der Waals surface area contributed by atoms with E-state index in [4.69, 9.17) is 0 Å². The third-order valence-corrected chi connectivity index (χ3v) is 2.46. The van der Waals surface area contributed by atoms with E-state index in [1.807, 2.05) is 12.1 Å². The molecule has 1 N–H and O–H groups in total. The first-order valence-corrected chi connectivity index (χ1v) is 4.62. The molecule has 68 valence electrons. The highest BCUT2D eigenvalue weighted by atomic mass is 16.1. The maximum absolute atomic E-state index is 10.4. The van der Waals surface area contributed by atoms with Crippen molar-refractivity contribution in [2.75, 3.05) is 5.32 Å². The van der Waals surface area contributed by atoms with Crippen molar-refractivity contribution in [3.63, 3.8) is 0 Å². The third-order valence-electron chi connectivity index (χ3n) is 2.46. The number of para-hydroxylation sites is 1. The average molecular weight is 175 g/mol. The molecule has 1 atom stereocenters. The van der Waals surface area contributed by atoms with Crippen LogP contribution in [-0.4, -0.2) is 12.3 Å². The molecular weight excluding hydrogens is 162 g/mol. The first-order chi connectivity index (χ1) is 6.31. The largest absolute Gasteiger partial charge is 0.382 e. The monoisotopic (exact) mass is 175 g/mol. The van der Waals surface area contributed by atoms with E-state index in [9.17, 15) is 4.79 Å². The van der Waals surface area contributed by atoms with Crippen molar-refractivity contribution in [2.45, 2.75) is 25.8 Å². The van der Waals surface area contributed by atoms with E-state index in [1.54, 1.807) is 0 Å². The van der Waals surface area contributed by atoms with E-state index in [-0.39, 0.29) is 0 Å². The van der Waals surface area contributed by atoms with Crippen molar-refractivity contribution >= 4 is 12.0 Å². The molecule has 13 heavy (non-hydrogen) atoms. The zero-order valence-electron chi connectivity index (χ0n) is 7.71. The zero-order valence-corrected chi connectivity index (χ0v) is 7.71. The van der Waals surface area contributed by atoms with Gasteiger partial charge in [-0.3, -0.25) is 0 Å². The summed E-state index contributed by atoms with van der Waals surface area (Å²) < 4.78 is 0. The minimum absolute atomic E-state index is 0.503. The summed E-state index contributed by atoms with van der Waals surface area (Å²) in [7, 11) is 0. The number of anilines is 1. The first kappa shape index (κ1) is 8.30. The van der Waals surface area contributed by atoms with Crippen molar-refractivity contribution in [3.05, 3.63) is 29.3 Å². The van der Waals surface area contributed by atoms with Gasteiger partial charge in [-0.05, 0) is 24.5 Å². The van der Waals surface area contributed by atoms with E-state index < -0.39 is 0 Å². The summed E-state index contributed by atoms with van der Waals surface area (Å²) in [6.07, 6.45) is 2.55. The molecule has 1 aromatic rings. The summed E-state index contributed by atoms with van der Waals surface area (Å²) >= 11 is 0. The van der Waals surface area contributed by atoms with E-state index in [2.05, 4.69) is 18.3 Å². The van der Waals surface area contributed by atoms with Gasteiger partial charge in [0.05, 0.1) is 0 Å². The van der Waals surface area contributed by atoms with Crippen LogP contribution in [0.2, 0.25) is 0 Å². The van der Waals surface area contributed by atoms with Crippen LogP contribution in [0.1, 0.15) is 18.1 Å². The molecule has 0 bridgehead atoms. The van der Waals surface area contributed by atoms with Crippen LogP contribution in [0.15, 0.2) is 18.2 Å². The van der Waals surface area contributed by atoms with Gasteiger partial charge < -0.3 is 10.1 Å². The zero-order chi connectivity index (χ0) is 9.26. The van der Waals surface area contributed by atoms with E-state index >= 15 is 0 Å². The van der Waals surface area contributed by atoms with Gasteiger partial charge in [0, 0.05) is 18.2 Å². The van der Waals surface area contributed by atoms with Gasteiger partial charge in [0.15, 0.2) is 0 Å². The predicted octanol–water partition coefficient (Wildman–Crippen LogP) is 1.78. The number of carbonyl (C=O) groups excluding carboxylic acids is 1. The highest BCUT2D eigenvalue weighted by Crippen LogP contribution is 2.29. The number of rotatable bonds is 2. The smallest absolute Gasteiger partial charge is 0.124 e. The molecule has 2 rings (SSSR count). The second-order valence-electron chi connectivity index (χ2n) is 3.57. The minimum atomic E-state index is 0.503. The molecule has 2 nitrogen and oxygen atoms in total. The molecule has 1 unspecified atom stereocenters. The van der Waals surface area contributed by atoms with Crippen molar-refractivity contribution in [1.82, 2.24) is 0 Å². The van der Waals surface area contributed by atoms with E-state index in [1.165, 1.54) is 11.3 Å². The Hall–Kier alpha value is -1.31.